The normalized spacial score (nSPS) is 32.1. The average Bonchev–Trinajstić information content (AvgIpc) is 2.49. The van der Waals surface area contributed by atoms with E-state index >= 15 is 0 Å². The molecule has 1 nitrogen and oxygen atoms in total. The molecule has 1 heterocycles. The summed E-state index contributed by atoms with van der Waals surface area (Å²) in [7, 11) is 0. The second-order valence-corrected chi connectivity index (χ2v) is 3.90. The van der Waals surface area contributed by atoms with Crippen LogP contribution in [0.2, 0.25) is 0 Å². The predicted octanol–water partition coefficient (Wildman–Crippen LogP) is 2.37. The zero-order chi connectivity index (χ0) is 10.2. The maximum atomic E-state index is 13.6. The lowest BCUT2D eigenvalue weighted by molar-refractivity contribution is 0.219. The fraction of sp³-hybridized carbons (Fsp3) is 0.455. The van der Waals surface area contributed by atoms with Crippen LogP contribution in [0.15, 0.2) is 24.3 Å². The summed E-state index contributed by atoms with van der Waals surface area (Å²) in [6.45, 7) is 2.42. The molecule has 14 heavy (non-hydrogen) atoms. The van der Waals surface area contributed by atoms with Gasteiger partial charge in [0, 0.05) is 0 Å². The highest BCUT2D eigenvalue weighted by atomic mass is 19.1. The molecule has 1 aromatic rings. The van der Waals surface area contributed by atoms with Crippen molar-refractivity contribution in [3.63, 3.8) is 0 Å². The second-order valence-electron chi connectivity index (χ2n) is 3.90. The fourth-order valence-corrected chi connectivity index (χ4v) is 1.95. The van der Waals surface area contributed by atoms with Crippen molar-refractivity contribution < 1.29 is 8.78 Å². The lowest BCUT2D eigenvalue weighted by atomic mass is 9.89. The molecule has 0 aromatic heterocycles. The Labute approximate surface area is 82.1 Å². The van der Waals surface area contributed by atoms with Gasteiger partial charge in [-0.1, -0.05) is 12.1 Å². The minimum Gasteiger partial charge on any atom is -0.305 e. The van der Waals surface area contributed by atoms with Crippen molar-refractivity contribution in [3.05, 3.63) is 35.6 Å². The quantitative estimate of drug-likeness (QED) is 0.728. The van der Waals surface area contributed by atoms with Crippen molar-refractivity contribution >= 4 is 0 Å². The molecule has 2 atom stereocenters. The summed E-state index contributed by atoms with van der Waals surface area (Å²) in [5, 5.41) is 3.08. The highest BCUT2D eigenvalue weighted by Crippen LogP contribution is 2.33. The zero-order valence-electron chi connectivity index (χ0n) is 8.06. The molecule has 0 aliphatic carbocycles. The van der Waals surface area contributed by atoms with E-state index in [4.69, 9.17) is 0 Å². The van der Waals surface area contributed by atoms with Gasteiger partial charge in [0.25, 0.3) is 0 Å². The van der Waals surface area contributed by atoms with Gasteiger partial charge in [0.05, 0.1) is 5.54 Å². The molecule has 76 valence electrons. The maximum Gasteiger partial charge on any atom is 0.123 e. The maximum absolute atomic E-state index is 13.6. The average molecular weight is 197 g/mol. The molecule has 1 N–H and O–H groups in total. The van der Waals surface area contributed by atoms with Crippen LogP contribution in [0.4, 0.5) is 8.78 Å². The fourth-order valence-electron chi connectivity index (χ4n) is 1.95. The smallest absolute Gasteiger partial charge is 0.123 e. The Morgan fingerprint density at radius 1 is 1.50 bits per heavy atom. The van der Waals surface area contributed by atoms with Gasteiger partial charge in [-0.15, -0.1) is 0 Å². The Kier molecular flexibility index (Phi) is 2.27. The molecule has 1 aliphatic rings. The number of halogens is 2. The van der Waals surface area contributed by atoms with Gasteiger partial charge in [-0.05, 0) is 37.6 Å². The molecule has 1 aliphatic heterocycles. The van der Waals surface area contributed by atoms with Crippen molar-refractivity contribution in [2.24, 2.45) is 0 Å². The van der Waals surface area contributed by atoms with Crippen LogP contribution in [-0.4, -0.2) is 12.7 Å². The molecule has 1 saturated heterocycles. The third kappa shape index (κ3) is 1.42. The first-order valence-electron chi connectivity index (χ1n) is 4.78. The largest absolute Gasteiger partial charge is 0.305 e. The molecule has 0 spiro atoms. The second kappa shape index (κ2) is 3.31. The highest BCUT2D eigenvalue weighted by Gasteiger charge is 2.40. The lowest BCUT2D eigenvalue weighted by Gasteiger charge is -2.27. The van der Waals surface area contributed by atoms with Crippen LogP contribution in [0.1, 0.15) is 18.9 Å². The summed E-state index contributed by atoms with van der Waals surface area (Å²) in [6.07, 6.45) is -0.447. The highest BCUT2D eigenvalue weighted by molar-refractivity contribution is 5.27. The third-order valence-corrected chi connectivity index (χ3v) is 2.94. The molecular formula is C11H13F2N. The first kappa shape index (κ1) is 9.59. The third-order valence-electron chi connectivity index (χ3n) is 2.94. The Morgan fingerprint density at radius 3 is 2.86 bits per heavy atom. The molecule has 2 unspecified atom stereocenters. The predicted molar refractivity (Wildman–Crippen MR) is 51.3 cm³/mol. The molecule has 1 aromatic carbocycles. The summed E-state index contributed by atoms with van der Waals surface area (Å²) < 4.78 is 26.6. The number of hydrogen-bond acceptors (Lipinski definition) is 1. The van der Waals surface area contributed by atoms with Gasteiger partial charge in [-0.25, -0.2) is 8.78 Å². The van der Waals surface area contributed by atoms with Crippen LogP contribution < -0.4 is 5.32 Å². The Hall–Kier alpha value is -0.960. The monoisotopic (exact) mass is 197 g/mol. The Morgan fingerprint density at radius 2 is 2.29 bits per heavy atom. The summed E-state index contributed by atoms with van der Waals surface area (Å²) in [5.41, 5.74) is -0.0373. The molecule has 0 saturated carbocycles. The molecule has 0 bridgehead atoms. The van der Waals surface area contributed by atoms with Gasteiger partial charge < -0.3 is 5.32 Å². The van der Waals surface area contributed by atoms with Gasteiger partial charge in [0.2, 0.25) is 0 Å². The summed E-state index contributed by atoms with van der Waals surface area (Å²) in [5.74, 6) is -0.315. The molecule has 3 heteroatoms. The van der Waals surface area contributed by atoms with Crippen molar-refractivity contribution in [1.29, 1.82) is 0 Å². The first-order chi connectivity index (χ1) is 6.63. The minimum absolute atomic E-state index is 0.315. The number of nitrogens with one attached hydrogen (secondary N) is 1. The minimum atomic E-state index is -0.940. The first-order valence-corrected chi connectivity index (χ1v) is 4.78. The van der Waals surface area contributed by atoms with Gasteiger partial charge in [0.1, 0.15) is 12.0 Å². The van der Waals surface area contributed by atoms with Crippen LogP contribution in [0.5, 0.6) is 0 Å². The summed E-state index contributed by atoms with van der Waals surface area (Å²) in [6, 6.07) is 6.14. The van der Waals surface area contributed by atoms with E-state index < -0.39 is 11.7 Å². The molecule has 0 amide bonds. The van der Waals surface area contributed by atoms with Gasteiger partial charge in [-0.2, -0.15) is 0 Å². The van der Waals surface area contributed by atoms with Crippen molar-refractivity contribution in [3.8, 4) is 0 Å². The van der Waals surface area contributed by atoms with E-state index in [0.717, 1.165) is 0 Å². The van der Waals surface area contributed by atoms with Crippen molar-refractivity contribution in [2.45, 2.75) is 25.1 Å². The van der Waals surface area contributed by atoms with Crippen LogP contribution in [0.3, 0.4) is 0 Å². The standard InChI is InChI=1S/C11H13F2N/c1-11(10(13)5-6-14-11)8-3-2-4-9(12)7-8/h2-4,7,10,14H,5-6H2,1H3. The van der Waals surface area contributed by atoms with Crippen LogP contribution in [-0.2, 0) is 5.54 Å². The van der Waals surface area contributed by atoms with E-state index in [2.05, 4.69) is 5.32 Å². The lowest BCUT2D eigenvalue weighted by Crippen LogP contribution is -2.39. The van der Waals surface area contributed by atoms with E-state index in [1.165, 1.54) is 12.1 Å². The SMILES string of the molecule is CC1(c2cccc(F)c2)NCCC1F. The van der Waals surface area contributed by atoms with Gasteiger partial charge in [-0.3, -0.25) is 0 Å². The summed E-state index contributed by atoms with van der Waals surface area (Å²) >= 11 is 0. The Balaban J connectivity index is 2.38. The van der Waals surface area contributed by atoms with E-state index in [0.29, 0.717) is 18.5 Å². The Bertz CT molecular complexity index is 340. The van der Waals surface area contributed by atoms with Crippen molar-refractivity contribution in [2.75, 3.05) is 6.54 Å². The topological polar surface area (TPSA) is 12.0 Å². The van der Waals surface area contributed by atoms with Crippen LogP contribution in [0, 0.1) is 5.82 Å². The number of benzene rings is 1. The van der Waals surface area contributed by atoms with Gasteiger partial charge >= 0.3 is 0 Å². The van der Waals surface area contributed by atoms with Crippen LogP contribution in [0.25, 0.3) is 0 Å². The number of rotatable bonds is 1. The molecule has 0 radical (unpaired) electrons. The van der Waals surface area contributed by atoms with E-state index in [1.54, 1.807) is 19.1 Å². The number of hydrogen-bond donors (Lipinski definition) is 1. The zero-order valence-corrected chi connectivity index (χ0v) is 8.06. The van der Waals surface area contributed by atoms with E-state index in [1.807, 2.05) is 0 Å². The van der Waals surface area contributed by atoms with E-state index in [-0.39, 0.29) is 5.82 Å². The van der Waals surface area contributed by atoms with Crippen LogP contribution >= 0.6 is 0 Å². The van der Waals surface area contributed by atoms with Crippen molar-refractivity contribution in [1.82, 2.24) is 5.32 Å². The molecule has 2 rings (SSSR count). The van der Waals surface area contributed by atoms with Gasteiger partial charge in [0.15, 0.2) is 0 Å². The van der Waals surface area contributed by atoms with E-state index in [9.17, 15) is 8.78 Å². The summed E-state index contributed by atoms with van der Waals surface area (Å²) in [4.78, 5) is 0. The molecular weight excluding hydrogens is 184 g/mol. The number of alkyl halides is 1. The molecule has 1 fully saturated rings.